The van der Waals surface area contributed by atoms with Crippen LogP contribution < -0.4 is 5.32 Å². The number of Topliss-reactive ketones (excluding diaryl/α,β-unsaturated/α-hetero) is 1. The van der Waals surface area contributed by atoms with Gasteiger partial charge in [0.2, 0.25) is 0 Å². The van der Waals surface area contributed by atoms with Crippen LogP contribution in [-0.2, 0) is 11.2 Å². The number of furan rings is 1. The number of aryl methyl sites for hydroxylation is 1. The highest BCUT2D eigenvalue weighted by Gasteiger charge is 2.22. The van der Waals surface area contributed by atoms with Crippen LogP contribution in [0.5, 0.6) is 0 Å². The van der Waals surface area contributed by atoms with Gasteiger partial charge in [-0.05, 0) is 56.0 Å². The third kappa shape index (κ3) is 5.61. The van der Waals surface area contributed by atoms with E-state index in [0.717, 1.165) is 17.5 Å². The van der Waals surface area contributed by atoms with Crippen molar-refractivity contribution in [1.82, 2.24) is 10.3 Å². The predicted molar refractivity (Wildman–Crippen MR) is 123 cm³/mol. The highest BCUT2D eigenvalue weighted by molar-refractivity contribution is 6.33. The van der Waals surface area contributed by atoms with Gasteiger partial charge >= 0.3 is 0 Å². The summed E-state index contributed by atoms with van der Waals surface area (Å²) in [5.41, 5.74) is 3.42. The Labute approximate surface area is 187 Å². The number of ketones is 1. The van der Waals surface area contributed by atoms with E-state index in [1.807, 2.05) is 31.2 Å². The van der Waals surface area contributed by atoms with Gasteiger partial charge in [0.25, 0.3) is 5.91 Å². The normalized spacial score (nSPS) is 11.0. The topological polar surface area (TPSA) is 72.2 Å². The van der Waals surface area contributed by atoms with Crippen LogP contribution in [0.4, 0.5) is 0 Å². The molecule has 0 unspecified atom stereocenters. The van der Waals surface area contributed by atoms with Crippen LogP contribution in [0.1, 0.15) is 48.8 Å². The number of benzene rings is 1. The number of hydrogen-bond acceptors (Lipinski definition) is 4. The van der Waals surface area contributed by atoms with Gasteiger partial charge in [-0.15, -0.1) is 0 Å². The molecule has 2 aromatic heterocycles. The minimum absolute atomic E-state index is 0.0312. The fourth-order valence-electron chi connectivity index (χ4n) is 3.29. The number of rotatable bonds is 8. The number of hydrogen-bond donors (Lipinski definition) is 1. The summed E-state index contributed by atoms with van der Waals surface area (Å²) < 4.78 is 6.20. The zero-order chi connectivity index (χ0) is 22.5. The molecule has 0 saturated heterocycles. The Morgan fingerprint density at radius 3 is 2.58 bits per heavy atom. The molecule has 0 radical (unpaired) electrons. The number of nitrogens with one attached hydrogen (secondary N) is 1. The van der Waals surface area contributed by atoms with Gasteiger partial charge in [0.05, 0.1) is 10.6 Å². The summed E-state index contributed by atoms with van der Waals surface area (Å²) in [6.07, 6.45) is 2.84. The second kappa shape index (κ2) is 9.92. The van der Waals surface area contributed by atoms with Crippen molar-refractivity contribution < 1.29 is 14.0 Å². The van der Waals surface area contributed by atoms with Crippen molar-refractivity contribution in [1.29, 1.82) is 0 Å². The SMILES string of the molecule is CC(=O)Cc1cc(-c2cc(C(=O)NCCC(C)C)c(-c3ccccc3Cl)o2)c(C)cn1. The van der Waals surface area contributed by atoms with Gasteiger partial charge < -0.3 is 9.73 Å². The van der Waals surface area contributed by atoms with Crippen LogP contribution >= 0.6 is 11.6 Å². The average molecular weight is 439 g/mol. The summed E-state index contributed by atoms with van der Waals surface area (Å²) >= 11 is 6.41. The van der Waals surface area contributed by atoms with E-state index in [1.165, 1.54) is 6.92 Å². The fourth-order valence-corrected chi connectivity index (χ4v) is 3.51. The highest BCUT2D eigenvalue weighted by Crippen LogP contribution is 2.37. The van der Waals surface area contributed by atoms with Crippen LogP contribution in [0.25, 0.3) is 22.6 Å². The van der Waals surface area contributed by atoms with Crippen LogP contribution in [-0.4, -0.2) is 23.2 Å². The molecule has 1 N–H and O–H groups in total. The number of aromatic nitrogens is 1. The van der Waals surface area contributed by atoms with E-state index >= 15 is 0 Å². The molecule has 31 heavy (non-hydrogen) atoms. The number of nitrogens with zero attached hydrogens (tertiary/aromatic N) is 1. The van der Waals surface area contributed by atoms with Gasteiger partial charge in [-0.2, -0.15) is 0 Å². The monoisotopic (exact) mass is 438 g/mol. The van der Waals surface area contributed by atoms with E-state index < -0.39 is 0 Å². The molecule has 1 amide bonds. The van der Waals surface area contributed by atoms with E-state index in [1.54, 1.807) is 18.3 Å². The van der Waals surface area contributed by atoms with Crippen molar-refractivity contribution in [3.63, 3.8) is 0 Å². The molecule has 3 rings (SSSR count). The first kappa shape index (κ1) is 22.8. The highest BCUT2D eigenvalue weighted by atomic mass is 35.5. The second-order valence-electron chi connectivity index (χ2n) is 8.14. The largest absolute Gasteiger partial charge is 0.455 e. The third-order valence-electron chi connectivity index (χ3n) is 4.96. The Morgan fingerprint density at radius 1 is 1.16 bits per heavy atom. The molecule has 0 aliphatic heterocycles. The van der Waals surface area contributed by atoms with E-state index in [4.69, 9.17) is 16.0 Å². The summed E-state index contributed by atoms with van der Waals surface area (Å²) in [4.78, 5) is 28.9. The van der Waals surface area contributed by atoms with Crippen molar-refractivity contribution in [2.24, 2.45) is 5.92 Å². The summed E-state index contributed by atoms with van der Waals surface area (Å²) in [5.74, 6) is 1.27. The van der Waals surface area contributed by atoms with Crippen molar-refractivity contribution >= 4 is 23.3 Å². The number of carbonyl (C=O) groups excluding carboxylic acids is 2. The lowest BCUT2D eigenvalue weighted by Gasteiger charge is -2.08. The number of amides is 1. The van der Waals surface area contributed by atoms with Crippen molar-refractivity contribution in [2.45, 2.75) is 40.5 Å². The maximum Gasteiger partial charge on any atom is 0.255 e. The van der Waals surface area contributed by atoms with E-state index in [-0.39, 0.29) is 18.1 Å². The molecule has 6 heteroatoms. The summed E-state index contributed by atoms with van der Waals surface area (Å²) in [6, 6.07) is 10.9. The molecule has 0 aliphatic carbocycles. The van der Waals surface area contributed by atoms with Crippen LogP contribution in [0, 0.1) is 12.8 Å². The van der Waals surface area contributed by atoms with Crippen LogP contribution in [0.15, 0.2) is 47.0 Å². The van der Waals surface area contributed by atoms with E-state index in [9.17, 15) is 9.59 Å². The molecule has 3 aromatic rings. The molecule has 0 aliphatic rings. The molecular formula is C25H27ClN2O3. The van der Waals surface area contributed by atoms with Gasteiger partial charge in [-0.25, -0.2) is 0 Å². The summed E-state index contributed by atoms with van der Waals surface area (Å²) in [5, 5.41) is 3.48. The Bertz CT molecular complexity index is 1100. The molecule has 1 aromatic carbocycles. The molecule has 0 spiro atoms. The summed E-state index contributed by atoms with van der Waals surface area (Å²) in [6.45, 7) is 8.25. The number of halogens is 1. The smallest absolute Gasteiger partial charge is 0.255 e. The minimum atomic E-state index is -0.207. The maximum absolute atomic E-state index is 13.0. The number of carbonyl (C=O) groups is 2. The Morgan fingerprint density at radius 2 is 1.90 bits per heavy atom. The Balaban J connectivity index is 2.06. The number of pyridine rings is 1. The van der Waals surface area contributed by atoms with Gasteiger partial charge in [0.1, 0.15) is 17.3 Å². The van der Waals surface area contributed by atoms with E-state index in [0.29, 0.717) is 45.8 Å². The first-order valence-electron chi connectivity index (χ1n) is 10.4. The molecule has 162 valence electrons. The van der Waals surface area contributed by atoms with Crippen molar-refractivity contribution in [3.05, 3.63) is 64.4 Å². The van der Waals surface area contributed by atoms with Crippen molar-refractivity contribution in [3.8, 4) is 22.6 Å². The standard InChI is InChI=1S/C25H27ClN2O3/c1-15(2)9-10-27-25(30)21-13-23(31-24(21)19-7-5-6-8-22(19)26)20-12-18(11-17(4)29)28-14-16(20)3/h5-8,12-15H,9-11H2,1-4H3,(H,27,30). The molecule has 0 fully saturated rings. The lowest BCUT2D eigenvalue weighted by Crippen LogP contribution is -2.25. The summed E-state index contributed by atoms with van der Waals surface area (Å²) in [7, 11) is 0. The molecule has 0 bridgehead atoms. The fraction of sp³-hybridized carbons (Fsp3) is 0.320. The van der Waals surface area contributed by atoms with Gasteiger partial charge in [0.15, 0.2) is 0 Å². The second-order valence-corrected chi connectivity index (χ2v) is 8.55. The predicted octanol–water partition coefficient (Wildman–Crippen LogP) is 5.88. The van der Waals surface area contributed by atoms with Gasteiger partial charge in [0, 0.05) is 36.0 Å². The zero-order valence-electron chi connectivity index (χ0n) is 18.3. The molecule has 5 nitrogen and oxygen atoms in total. The Kier molecular flexibility index (Phi) is 7.29. The maximum atomic E-state index is 13.0. The quantitative estimate of drug-likeness (QED) is 0.476. The van der Waals surface area contributed by atoms with Crippen molar-refractivity contribution in [2.75, 3.05) is 6.54 Å². The first-order chi connectivity index (χ1) is 14.8. The molecule has 2 heterocycles. The lowest BCUT2D eigenvalue weighted by molar-refractivity contribution is -0.116. The molecular weight excluding hydrogens is 412 g/mol. The zero-order valence-corrected chi connectivity index (χ0v) is 19.0. The molecule has 0 saturated carbocycles. The third-order valence-corrected chi connectivity index (χ3v) is 5.29. The Hall–Kier alpha value is -2.92. The average Bonchev–Trinajstić information content (AvgIpc) is 3.14. The van der Waals surface area contributed by atoms with E-state index in [2.05, 4.69) is 24.1 Å². The lowest BCUT2D eigenvalue weighted by atomic mass is 10.0. The molecule has 0 atom stereocenters. The first-order valence-corrected chi connectivity index (χ1v) is 10.8. The van der Waals surface area contributed by atoms with Crippen LogP contribution in [0.2, 0.25) is 5.02 Å². The van der Waals surface area contributed by atoms with Gasteiger partial charge in [-0.1, -0.05) is 37.6 Å². The minimum Gasteiger partial charge on any atom is -0.455 e. The van der Waals surface area contributed by atoms with Crippen LogP contribution in [0.3, 0.4) is 0 Å². The van der Waals surface area contributed by atoms with Gasteiger partial charge in [-0.3, -0.25) is 14.6 Å².